The Labute approximate surface area is 78.8 Å². The molecule has 3 heteroatoms. The van der Waals surface area contributed by atoms with E-state index in [1.165, 1.54) is 5.57 Å². The Balaban J connectivity index is 2.88. The zero-order valence-electron chi connectivity index (χ0n) is 7.59. The van der Waals surface area contributed by atoms with Crippen molar-refractivity contribution in [2.45, 2.75) is 26.4 Å². The Morgan fingerprint density at radius 2 is 2.33 bits per heavy atom. The molecule has 0 aromatic carbocycles. The Kier molecular flexibility index (Phi) is 3.38. The first-order valence-electron chi connectivity index (χ1n) is 4.19. The molecule has 0 aliphatic carbocycles. The highest BCUT2D eigenvalue weighted by Crippen LogP contribution is 2.20. The molecule has 0 aromatic rings. The smallest absolute Gasteiger partial charge is 0.0957 e. The third-order valence-electron chi connectivity index (χ3n) is 2.02. The lowest BCUT2D eigenvalue weighted by molar-refractivity contribution is 0.0832. The summed E-state index contributed by atoms with van der Waals surface area (Å²) in [5.41, 5.74) is 7.96. The van der Waals surface area contributed by atoms with Gasteiger partial charge in [-0.2, -0.15) is 0 Å². The summed E-state index contributed by atoms with van der Waals surface area (Å²) in [4.78, 5) is 1.02. The summed E-state index contributed by atoms with van der Waals surface area (Å²) in [5, 5.41) is 0. The van der Waals surface area contributed by atoms with Gasteiger partial charge in [0.15, 0.2) is 0 Å². The fourth-order valence-electron chi connectivity index (χ4n) is 1.48. The second-order valence-electron chi connectivity index (χ2n) is 3.18. The first-order chi connectivity index (χ1) is 5.66. The van der Waals surface area contributed by atoms with Gasteiger partial charge in [0.05, 0.1) is 12.7 Å². The minimum absolute atomic E-state index is 0.0382. The average molecular weight is 185 g/mol. The quantitative estimate of drug-likeness (QED) is 0.496. The van der Waals surface area contributed by atoms with Crippen LogP contribution in [0.2, 0.25) is 0 Å². The normalized spacial score (nSPS) is 24.4. The highest BCUT2D eigenvalue weighted by molar-refractivity contribution is 7.80. The van der Waals surface area contributed by atoms with Gasteiger partial charge >= 0.3 is 0 Å². The van der Waals surface area contributed by atoms with E-state index in [1.54, 1.807) is 0 Å². The first kappa shape index (κ1) is 9.84. The number of rotatable bonds is 1. The molecule has 12 heavy (non-hydrogen) atoms. The SMILES string of the molecule is CC(C)=C1C(=S)CCOC1CN. The lowest BCUT2D eigenvalue weighted by atomic mass is 9.97. The second kappa shape index (κ2) is 4.12. The van der Waals surface area contributed by atoms with Crippen molar-refractivity contribution in [2.75, 3.05) is 13.2 Å². The molecule has 0 spiro atoms. The molecule has 0 amide bonds. The number of allylic oxidation sites excluding steroid dienone is 1. The summed E-state index contributed by atoms with van der Waals surface area (Å²) in [6, 6.07) is 0. The Hall–Kier alpha value is -0.250. The molecule has 0 radical (unpaired) electrons. The van der Waals surface area contributed by atoms with Crippen LogP contribution in [0.1, 0.15) is 20.3 Å². The molecule has 0 saturated carbocycles. The fourth-order valence-corrected chi connectivity index (χ4v) is 1.90. The summed E-state index contributed by atoms with van der Waals surface area (Å²) < 4.78 is 5.50. The van der Waals surface area contributed by atoms with Gasteiger partial charge in [-0.25, -0.2) is 0 Å². The third-order valence-corrected chi connectivity index (χ3v) is 2.45. The maximum absolute atomic E-state index is 5.57. The average Bonchev–Trinajstić information content (AvgIpc) is 2.03. The molecule has 2 nitrogen and oxygen atoms in total. The summed E-state index contributed by atoms with van der Waals surface area (Å²) in [5.74, 6) is 0. The number of hydrogen-bond acceptors (Lipinski definition) is 3. The van der Waals surface area contributed by atoms with Gasteiger partial charge in [0.2, 0.25) is 0 Å². The van der Waals surface area contributed by atoms with Crippen LogP contribution in [0.3, 0.4) is 0 Å². The van der Waals surface area contributed by atoms with Crippen LogP contribution in [0.15, 0.2) is 11.1 Å². The van der Waals surface area contributed by atoms with Crippen molar-refractivity contribution in [3.05, 3.63) is 11.1 Å². The molecule has 1 rings (SSSR count). The van der Waals surface area contributed by atoms with Gasteiger partial charge in [0, 0.05) is 17.8 Å². The molecule has 0 aromatic heterocycles. The molecular weight excluding hydrogens is 170 g/mol. The van der Waals surface area contributed by atoms with Crippen molar-refractivity contribution >= 4 is 17.1 Å². The topological polar surface area (TPSA) is 35.2 Å². The molecule has 2 N–H and O–H groups in total. The highest BCUT2D eigenvalue weighted by Gasteiger charge is 2.22. The van der Waals surface area contributed by atoms with E-state index in [1.807, 2.05) is 0 Å². The van der Waals surface area contributed by atoms with Crippen molar-refractivity contribution < 1.29 is 4.74 Å². The van der Waals surface area contributed by atoms with Crippen LogP contribution in [0.5, 0.6) is 0 Å². The van der Waals surface area contributed by atoms with Crippen molar-refractivity contribution in [1.82, 2.24) is 0 Å². The van der Waals surface area contributed by atoms with E-state index in [-0.39, 0.29) is 6.10 Å². The molecule has 68 valence electrons. The van der Waals surface area contributed by atoms with Gasteiger partial charge in [-0.05, 0) is 19.4 Å². The predicted octanol–water partition coefficient (Wildman–Crippen LogP) is 1.44. The maximum Gasteiger partial charge on any atom is 0.0957 e. The van der Waals surface area contributed by atoms with Crippen LogP contribution < -0.4 is 5.73 Å². The molecule has 1 heterocycles. The van der Waals surface area contributed by atoms with Crippen molar-refractivity contribution in [3.8, 4) is 0 Å². The van der Waals surface area contributed by atoms with Crippen LogP contribution in [0.4, 0.5) is 0 Å². The molecule has 1 unspecified atom stereocenters. The Morgan fingerprint density at radius 3 is 2.75 bits per heavy atom. The van der Waals surface area contributed by atoms with Crippen LogP contribution >= 0.6 is 12.2 Å². The molecule has 1 fully saturated rings. The molecule has 1 aliphatic heterocycles. The van der Waals surface area contributed by atoms with Crippen molar-refractivity contribution in [1.29, 1.82) is 0 Å². The van der Waals surface area contributed by atoms with Crippen LogP contribution in [0.25, 0.3) is 0 Å². The van der Waals surface area contributed by atoms with Gasteiger partial charge in [0.1, 0.15) is 0 Å². The van der Waals surface area contributed by atoms with E-state index in [0.29, 0.717) is 6.54 Å². The highest BCUT2D eigenvalue weighted by atomic mass is 32.1. The number of ether oxygens (including phenoxy) is 1. The largest absolute Gasteiger partial charge is 0.372 e. The summed E-state index contributed by atoms with van der Waals surface area (Å²) in [6.45, 7) is 5.36. The fraction of sp³-hybridized carbons (Fsp3) is 0.667. The van der Waals surface area contributed by atoms with E-state index in [2.05, 4.69) is 13.8 Å². The number of hydrogen-bond donors (Lipinski definition) is 1. The molecule has 1 atom stereocenters. The van der Waals surface area contributed by atoms with Crippen LogP contribution in [-0.4, -0.2) is 24.1 Å². The number of thiocarbonyl (C=S) groups is 1. The Bertz CT molecular complexity index is 219. The lowest BCUT2D eigenvalue weighted by Gasteiger charge is -2.26. The minimum atomic E-state index is 0.0382. The maximum atomic E-state index is 5.57. The van der Waals surface area contributed by atoms with Gasteiger partial charge < -0.3 is 10.5 Å². The summed E-state index contributed by atoms with van der Waals surface area (Å²) >= 11 is 5.25. The lowest BCUT2D eigenvalue weighted by Crippen LogP contribution is -2.34. The Morgan fingerprint density at radius 1 is 1.67 bits per heavy atom. The monoisotopic (exact) mass is 185 g/mol. The third kappa shape index (κ3) is 1.91. The predicted molar refractivity (Wildman–Crippen MR) is 54.4 cm³/mol. The minimum Gasteiger partial charge on any atom is -0.372 e. The van der Waals surface area contributed by atoms with Gasteiger partial charge in [-0.1, -0.05) is 17.8 Å². The summed E-state index contributed by atoms with van der Waals surface area (Å²) in [7, 11) is 0. The van der Waals surface area contributed by atoms with Crippen LogP contribution in [-0.2, 0) is 4.74 Å². The number of nitrogens with two attached hydrogens (primary N) is 1. The van der Waals surface area contributed by atoms with E-state index >= 15 is 0 Å². The van der Waals surface area contributed by atoms with Gasteiger partial charge in [-0.3, -0.25) is 0 Å². The standard InChI is InChI=1S/C9H15NOS/c1-6(2)9-7(5-10)11-4-3-8(9)12/h7H,3-5,10H2,1-2H3. The molecule has 1 saturated heterocycles. The zero-order chi connectivity index (χ0) is 9.14. The van der Waals surface area contributed by atoms with Gasteiger partial charge in [-0.15, -0.1) is 0 Å². The second-order valence-corrected chi connectivity index (χ2v) is 3.67. The van der Waals surface area contributed by atoms with Crippen LogP contribution in [0, 0.1) is 0 Å². The van der Waals surface area contributed by atoms with E-state index in [0.717, 1.165) is 23.5 Å². The van der Waals surface area contributed by atoms with E-state index in [4.69, 9.17) is 22.7 Å². The molecule has 0 bridgehead atoms. The first-order valence-corrected chi connectivity index (χ1v) is 4.60. The molecule has 1 aliphatic rings. The zero-order valence-corrected chi connectivity index (χ0v) is 8.41. The van der Waals surface area contributed by atoms with E-state index < -0.39 is 0 Å². The van der Waals surface area contributed by atoms with E-state index in [9.17, 15) is 0 Å². The van der Waals surface area contributed by atoms with Crippen molar-refractivity contribution in [2.24, 2.45) is 5.73 Å². The van der Waals surface area contributed by atoms with Crippen molar-refractivity contribution in [3.63, 3.8) is 0 Å². The van der Waals surface area contributed by atoms with Gasteiger partial charge in [0.25, 0.3) is 0 Å². The summed E-state index contributed by atoms with van der Waals surface area (Å²) in [6.07, 6.45) is 0.906. The molecular formula is C9H15NOS.